The van der Waals surface area contributed by atoms with Crippen LogP contribution in [0.2, 0.25) is 0 Å². The first kappa shape index (κ1) is 12.2. The molecule has 0 aliphatic carbocycles. The summed E-state index contributed by atoms with van der Waals surface area (Å²) in [6.07, 6.45) is -1.80. The molecule has 0 fully saturated rings. The van der Waals surface area contributed by atoms with Gasteiger partial charge in [-0.25, -0.2) is 4.98 Å². The van der Waals surface area contributed by atoms with Crippen molar-refractivity contribution >= 4 is 0 Å². The fourth-order valence-corrected chi connectivity index (χ4v) is 2.27. The summed E-state index contributed by atoms with van der Waals surface area (Å²) >= 11 is 0. The summed E-state index contributed by atoms with van der Waals surface area (Å²) in [7, 11) is 0. The lowest BCUT2D eigenvalue weighted by atomic mass is 10.1. The number of aromatic nitrogens is 2. The van der Waals surface area contributed by atoms with Gasteiger partial charge < -0.3 is 9.88 Å². The molecule has 0 unspecified atom stereocenters. The Bertz CT molecular complexity index is 584. The molecule has 3 rings (SSSR count). The van der Waals surface area contributed by atoms with Crippen LogP contribution >= 0.6 is 0 Å². The third kappa shape index (κ3) is 2.23. The van der Waals surface area contributed by atoms with E-state index in [2.05, 4.69) is 10.3 Å². The average Bonchev–Trinajstić information content (AvgIpc) is 2.82. The standard InChI is InChI=1S/C13H12F3N3/c14-13(15,16)9-1-3-10(4-2-9)19-8-18-11-7-17-6-5-12(11)19/h1-4,8,17H,5-7H2. The molecule has 0 amide bonds. The van der Waals surface area contributed by atoms with Crippen LogP contribution in [0.25, 0.3) is 5.69 Å². The van der Waals surface area contributed by atoms with E-state index in [1.807, 2.05) is 4.57 Å². The Morgan fingerprint density at radius 3 is 2.58 bits per heavy atom. The van der Waals surface area contributed by atoms with Crippen molar-refractivity contribution in [1.82, 2.24) is 14.9 Å². The summed E-state index contributed by atoms with van der Waals surface area (Å²) in [5.74, 6) is 0. The number of halogens is 3. The summed E-state index contributed by atoms with van der Waals surface area (Å²) in [5.41, 5.74) is 2.11. The number of benzene rings is 1. The maximum absolute atomic E-state index is 12.5. The van der Waals surface area contributed by atoms with Crippen LogP contribution in [0.15, 0.2) is 30.6 Å². The monoisotopic (exact) mass is 267 g/mol. The van der Waals surface area contributed by atoms with Gasteiger partial charge in [-0.3, -0.25) is 0 Å². The molecule has 100 valence electrons. The van der Waals surface area contributed by atoms with E-state index in [0.717, 1.165) is 36.5 Å². The molecule has 1 aliphatic rings. The highest BCUT2D eigenvalue weighted by Crippen LogP contribution is 2.30. The van der Waals surface area contributed by atoms with Crippen LogP contribution in [0.3, 0.4) is 0 Å². The summed E-state index contributed by atoms with van der Waals surface area (Å²) in [6, 6.07) is 5.16. The maximum Gasteiger partial charge on any atom is 0.416 e. The Morgan fingerprint density at radius 2 is 1.89 bits per heavy atom. The predicted molar refractivity (Wildman–Crippen MR) is 64.0 cm³/mol. The number of nitrogens with one attached hydrogen (secondary N) is 1. The quantitative estimate of drug-likeness (QED) is 0.860. The molecule has 2 heterocycles. The number of rotatable bonds is 1. The van der Waals surface area contributed by atoms with Crippen molar-refractivity contribution in [3.63, 3.8) is 0 Å². The van der Waals surface area contributed by atoms with Crippen molar-refractivity contribution in [2.24, 2.45) is 0 Å². The molecule has 1 N–H and O–H groups in total. The van der Waals surface area contributed by atoms with E-state index in [1.165, 1.54) is 12.1 Å². The first-order chi connectivity index (χ1) is 9.05. The van der Waals surface area contributed by atoms with Gasteiger partial charge in [-0.1, -0.05) is 0 Å². The molecule has 0 atom stereocenters. The lowest BCUT2D eigenvalue weighted by molar-refractivity contribution is -0.137. The molecule has 3 nitrogen and oxygen atoms in total. The Morgan fingerprint density at radius 1 is 1.16 bits per heavy atom. The van der Waals surface area contributed by atoms with Crippen molar-refractivity contribution in [2.45, 2.75) is 19.1 Å². The second kappa shape index (κ2) is 4.38. The predicted octanol–water partition coefficient (Wildman–Crippen LogP) is 2.54. The largest absolute Gasteiger partial charge is 0.416 e. The van der Waals surface area contributed by atoms with E-state index in [0.29, 0.717) is 12.2 Å². The van der Waals surface area contributed by atoms with Gasteiger partial charge in [0.15, 0.2) is 0 Å². The highest BCUT2D eigenvalue weighted by Gasteiger charge is 2.30. The zero-order valence-corrected chi connectivity index (χ0v) is 10.0. The zero-order chi connectivity index (χ0) is 13.5. The van der Waals surface area contributed by atoms with E-state index in [4.69, 9.17) is 0 Å². The van der Waals surface area contributed by atoms with Crippen LogP contribution in [0.4, 0.5) is 13.2 Å². The molecule has 6 heteroatoms. The highest BCUT2D eigenvalue weighted by molar-refractivity contribution is 5.38. The van der Waals surface area contributed by atoms with Crippen molar-refractivity contribution < 1.29 is 13.2 Å². The van der Waals surface area contributed by atoms with E-state index in [-0.39, 0.29) is 0 Å². The van der Waals surface area contributed by atoms with Gasteiger partial charge in [0.25, 0.3) is 0 Å². The molecular formula is C13H12F3N3. The first-order valence-electron chi connectivity index (χ1n) is 5.99. The third-order valence-corrected chi connectivity index (χ3v) is 3.26. The molecule has 1 aromatic heterocycles. The topological polar surface area (TPSA) is 29.9 Å². The van der Waals surface area contributed by atoms with Crippen molar-refractivity contribution in [1.29, 1.82) is 0 Å². The van der Waals surface area contributed by atoms with E-state index in [1.54, 1.807) is 6.33 Å². The van der Waals surface area contributed by atoms with Crippen molar-refractivity contribution in [3.8, 4) is 5.69 Å². The molecule has 2 aromatic rings. The van der Waals surface area contributed by atoms with Crippen LogP contribution in [0.1, 0.15) is 17.0 Å². The van der Waals surface area contributed by atoms with E-state index in [9.17, 15) is 13.2 Å². The Kier molecular flexibility index (Phi) is 2.82. The Balaban J connectivity index is 1.97. The van der Waals surface area contributed by atoms with Gasteiger partial charge in [0, 0.05) is 30.9 Å². The molecule has 0 saturated heterocycles. The fraction of sp³-hybridized carbons (Fsp3) is 0.308. The van der Waals surface area contributed by atoms with Gasteiger partial charge in [-0.05, 0) is 24.3 Å². The maximum atomic E-state index is 12.5. The van der Waals surface area contributed by atoms with E-state index >= 15 is 0 Å². The fourth-order valence-electron chi connectivity index (χ4n) is 2.27. The van der Waals surface area contributed by atoms with Crippen LogP contribution in [0.5, 0.6) is 0 Å². The minimum atomic E-state index is -4.29. The minimum Gasteiger partial charge on any atom is -0.311 e. The van der Waals surface area contributed by atoms with Crippen LogP contribution < -0.4 is 5.32 Å². The Labute approximate surface area is 108 Å². The molecule has 0 bridgehead atoms. The lowest BCUT2D eigenvalue weighted by Crippen LogP contribution is -2.24. The third-order valence-electron chi connectivity index (χ3n) is 3.26. The lowest BCUT2D eigenvalue weighted by Gasteiger charge is -2.15. The summed E-state index contributed by atoms with van der Waals surface area (Å²) < 4.78 is 39.4. The highest BCUT2D eigenvalue weighted by atomic mass is 19.4. The molecular weight excluding hydrogens is 255 g/mol. The molecule has 1 aromatic carbocycles. The number of hydrogen-bond acceptors (Lipinski definition) is 2. The van der Waals surface area contributed by atoms with Crippen LogP contribution in [-0.2, 0) is 19.1 Å². The SMILES string of the molecule is FC(F)(F)c1ccc(-n2cnc3c2CCNC3)cc1. The first-order valence-corrected chi connectivity index (χ1v) is 5.99. The number of nitrogens with zero attached hydrogens (tertiary/aromatic N) is 2. The van der Waals surface area contributed by atoms with Crippen LogP contribution in [0, 0.1) is 0 Å². The van der Waals surface area contributed by atoms with Gasteiger partial charge in [-0.2, -0.15) is 13.2 Å². The number of fused-ring (bicyclic) bond motifs is 1. The number of imidazole rings is 1. The molecule has 0 saturated carbocycles. The van der Waals surface area contributed by atoms with E-state index < -0.39 is 11.7 Å². The molecule has 0 spiro atoms. The second-order valence-electron chi connectivity index (χ2n) is 4.48. The van der Waals surface area contributed by atoms with Gasteiger partial charge in [-0.15, -0.1) is 0 Å². The van der Waals surface area contributed by atoms with Crippen LogP contribution in [-0.4, -0.2) is 16.1 Å². The summed E-state index contributed by atoms with van der Waals surface area (Å²) in [6.45, 7) is 1.57. The average molecular weight is 267 g/mol. The number of hydrogen-bond donors (Lipinski definition) is 1. The molecule has 19 heavy (non-hydrogen) atoms. The molecule has 1 aliphatic heterocycles. The van der Waals surface area contributed by atoms with Gasteiger partial charge in [0.2, 0.25) is 0 Å². The van der Waals surface area contributed by atoms with Gasteiger partial charge in [0.05, 0.1) is 17.6 Å². The van der Waals surface area contributed by atoms with Gasteiger partial charge >= 0.3 is 6.18 Å². The summed E-state index contributed by atoms with van der Waals surface area (Å²) in [4.78, 5) is 4.28. The minimum absolute atomic E-state index is 0.633. The molecule has 0 radical (unpaired) electrons. The normalized spacial score (nSPS) is 15.3. The van der Waals surface area contributed by atoms with Crippen molar-refractivity contribution in [3.05, 3.63) is 47.5 Å². The Hall–Kier alpha value is -1.82. The number of alkyl halides is 3. The summed E-state index contributed by atoms with van der Waals surface area (Å²) in [5, 5.41) is 3.21. The van der Waals surface area contributed by atoms with Gasteiger partial charge in [0.1, 0.15) is 0 Å². The van der Waals surface area contributed by atoms with Crippen molar-refractivity contribution in [2.75, 3.05) is 6.54 Å². The smallest absolute Gasteiger partial charge is 0.311 e. The second-order valence-corrected chi connectivity index (χ2v) is 4.48. The zero-order valence-electron chi connectivity index (χ0n) is 10.0.